The Morgan fingerprint density at radius 3 is 2.21 bits per heavy atom. The van der Waals surface area contributed by atoms with Crippen LogP contribution in [-0.4, -0.2) is 22.9 Å². The molecule has 1 aromatic rings. The van der Waals surface area contributed by atoms with E-state index >= 15 is 0 Å². The number of hydrogen-bond donors (Lipinski definition) is 3. The summed E-state index contributed by atoms with van der Waals surface area (Å²) in [5.41, 5.74) is 1.15. The van der Waals surface area contributed by atoms with Gasteiger partial charge in [-0.25, -0.2) is 0 Å². The van der Waals surface area contributed by atoms with Crippen LogP contribution in [0.2, 0.25) is 0 Å². The van der Waals surface area contributed by atoms with Crippen molar-refractivity contribution in [1.82, 2.24) is 0 Å². The van der Waals surface area contributed by atoms with Crippen LogP contribution in [0.15, 0.2) is 24.3 Å². The van der Waals surface area contributed by atoms with Crippen molar-refractivity contribution in [3.8, 4) is 0 Å². The van der Waals surface area contributed by atoms with E-state index in [2.05, 4.69) is 10.6 Å². The highest BCUT2D eigenvalue weighted by Crippen LogP contribution is 2.31. The van der Waals surface area contributed by atoms with Crippen LogP contribution in [0.1, 0.15) is 39.5 Å². The maximum atomic E-state index is 12.5. The Morgan fingerprint density at radius 2 is 1.62 bits per heavy atom. The lowest BCUT2D eigenvalue weighted by Crippen LogP contribution is -2.36. The van der Waals surface area contributed by atoms with E-state index in [1.54, 1.807) is 38.1 Å². The molecule has 2 atom stereocenters. The van der Waals surface area contributed by atoms with E-state index in [9.17, 15) is 19.5 Å². The Bertz CT molecular complexity index is 627. The third kappa shape index (κ3) is 4.57. The summed E-state index contributed by atoms with van der Waals surface area (Å²) in [5.74, 6) is -2.55. The van der Waals surface area contributed by atoms with E-state index in [1.807, 2.05) is 0 Å². The zero-order chi connectivity index (χ0) is 17.7. The first kappa shape index (κ1) is 18.0. The third-order valence-corrected chi connectivity index (χ3v) is 4.34. The van der Waals surface area contributed by atoms with Crippen molar-refractivity contribution < 1.29 is 19.5 Å². The van der Waals surface area contributed by atoms with Crippen LogP contribution >= 0.6 is 0 Å². The molecule has 1 fully saturated rings. The van der Waals surface area contributed by atoms with Gasteiger partial charge in [-0.15, -0.1) is 0 Å². The summed E-state index contributed by atoms with van der Waals surface area (Å²) in [6.07, 6.45) is 2.84. The summed E-state index contributed by atoms with van der Waals surface area (Å²) in [4.78, 5) is 35.5. The van der Waals surface area contributed by atoms with E-state index in [0.29, 0.717) is 24.2 Å². The summed E-state index contributed by atoms with van der Waals surface area (Å²) >= 11 is 0. The average molecular weight is 332 g/mol. The summed E-state index contributed by atoms with van der Waals surface area (Å²) in [5, 5.41) is 14.9. The molecule has 0 radical (unpaired) electrons. The lowest BCUT2D eigenvalue weighted by atomic mass is 9.78. The predicted molar refractivity (Wildman–Crippen MR) is 91.6 cm³/mol. The van der Waals surface area contributed by atoms with Gasteiger partial charge in [0, 0.05) is 17.3 Å². The molecule has 6 heteroatoms. The second-order valence-electron chi connectivity index (χ2n) is 6.55. The lowest BCUT2D eigenvalue weighted by Gasteiger charge is -2.27. The van der Waals surface area contributed by atoms with Gasteiger partial charge in [0.2, 0.25) is 11.8 Å². The average Bonchev–Trinajstić information content (AvgIpc) is 2.55. The summed E-state index contributed by atoms with van der Waals surface area (Å²) in [6.45, 7) is 3.60. The zero-order valence-electron chi connectivity index (χ0n) is 14.0. The Morgan fingerprint density at radius 1 is 1.04 bits per heavy atom. The minimum absolute atomic E-state index is 0.100. The van der Waals surface area contributed by atoms with Crippen molar-refractivity contribution >= 4 is 29.2 Å². The first-order valence-corrected chi connectivity index (χ1v) is 8.33. The predicted octanol–water partition coefficient (Wildman–Crippen LogP) is 3.11. The SMILES string of the molecule is CC(C)C(=O)Nc1cccc(NC(=O)[C@@H]2CCCC[C@H]2C(=O)O)c1. The van der Waals surface area contributed by atoms with Crippen LogP contribution in [0, 0.1) is 17.8 Å². The van der Waals surface area contributed by atoms with Gasteiger partial charge in [-0.05, 0) is 31.0 Å². The molecular formula is C18H24N2O4. The third-order valence-electron chi connectivity index (χ3n) is 4.34. The Kier molecular flexibility index (Phi) is 5.95. The Hall–Kier alpha value is -2.37. The van der Waals surface area contributed by atoms with Gasteiger partial charge in [0.05, 0.1) is 11.8 Å². The number of rotatable bonds is 5. The van der Waals surface area contributed by atoms with Gasteiger partial charge in [-0.2, -0.15) is 0 Å². The lowest BCUT2D eigenvalue weighted by molar-refractivity contribution is -0.147. The minimum atomic E-state index is -0.909. The fourth-order valence-electron chi connectivity index (χ4n) is 2.94. The molecule has 1 aromatic carbocycles. The molecule has 0 bridgehead atoms. The van der Waals surface area contributed by atoms with Gasteiger partial charge in [0.1, 0.15) is 0 Å². The van der Waals surface area contributed by atoms with E-state index in [4.69, 9.17) is 0 Å². The van der Waals surface area contributed by atoms with Crippen LogP contribution in [0.5, 0.6) is 0 Å². The molecule has 2 rings (SSSR count). The quantitative estimate of drug-likeness (QED) is 0.772. The summed E-state index contributed by atoms with van der Waals surface area (Å²) in [7, 11) is 0. The molecule has 1 saturated carbocycles. The van der Waals surface area contributed by atoms with Crippen molar-refractivity contribution in [3.63, 3.8) is 0 Å². The fraction of sp³-hybridized carbons (Fsp3) is 0.500. The number of aliphatic carboxylic acids is 1. The molecule has 0 saturated heterocycles. The zero-order valence-corrected chi connectivity index (χ0v) is 14.0. The first-order chi connectivity index (χ1) is 11.4. The van der Waals surface area contributed by atoms with Crippen molar-refractivity contribution in [2.75, 3.05) is 10.6 Å². The number of amides is 2. The molecule has 0 aliphatic heterocycles. The molecule has 6 nitrogen and oxygen atoms in total. The number of carbonyl (C=O) groups is 3. The second kappa shape index (κ2) is 7.95. The standard InChI is InChI=1S/C18H24N2O4/c1-11(2)16(21)19-12-6-5-7-13(10-12)20-17(22)14-8-3-4-9-15(14)18(23)24/h5-7,10-11,14-15H,3-4,8-9H2,1-2H3,(H,19,21)(H,20,22)(H,23,24)/t14-,15-/m1/s1. The second-order valence-corrected chi connectivity index (χ2v) is 6.55. The van der Waals surface area contributed by atoms with E-state index in [-0.39, 0.29) is 17.7 Å². The van der Waals surface area contributed by atoms with E-state index < -0.39 is 17.8 Å². The molecular weight excluding hydrogens is 308 g/mol. The van der Waals surface area contributed by atoms with Gasteiger partial charge in [-0.3, -0.25) is 14.4 Å². The smallest absolute Gasteiger partial charge is 0.307 e. The highest BCUT2D eigenvalue weighted by molar-refractivity contribution is 5.97. The van der Waals surface area contributed by atoms with Crippen molar-refractivity contribution in [3.05, 3.63) is 24.3 Å². The molecule has 0 heterocycles. The number of hydrogen-bond acceptors (Lipinski definition) is 3. The number of anilines is 2. The van der Waals surface area contributed by atoms with Gasteiger partial charge in [0.15, 0.2) is 0 Å². The van der Waals surface area contributed by atoms with Crippen LogP contribution in [0.4, 0.5) is 11.4 Å². The van der Waals surface area contributed by atoms with Gasteiger partial charge >= 0.3 is 5.97 Å². The molecule has 1 aliphatic carbocycles. The molecule has 1 aliphatic rings. The van der Waals surface area contributed by atoms with E-state index in [1.165, 1.54) is 0 Å². The highest BCUT2D eigenvalue weighted by atomic mass is 16.4. The highest BCUT2D eigenvalue weighted by Gasteiger charge is 2.35. The van der Waals surface area contributed by atoms with Crippen molar-refractivity contribution in [1.29, 1.82) is 0 Å². The molecule has 0 aromatic heterocycles. The van der Waals surface area contributed by atoms with Gasteiger partial charge in [-0.1, -0.05) is 32.8 Å². The largest absolute Gasteiger partial charge is 0.481 e. The van der Waals surface area contributed by atoms with Gasteiger partial charge < -0.3 is 15.7 Å². The summed E-state index contributed by atoms with van der Waals surface area (Å²) < 4.78 is 0. The monoisotopic (exact) mass is 332 g/mol. The molecule has 0 spiro atoms. The van der Waals surface area contributed by atoms with Crippen LogP contribution < -0.4 is 10.6 Å². The number of nitrogens with one attached hydrogen (secondary N) is 2. The van der Waals surface area contributed by atoms with E-state index in [0.717, 1.165) is 12.8 Å². The van der Waals surface area contributed by atoms with Crippen LogP contribution in [0.25, 0.3) is 0 Å². The van der Waals surface area contributed by atoms with Crippen molar-refractivity contribution in [2.45, 2.75) is 39.5 Å². The normalized spacial score (nSPS) is 20.5. The maximum Gasteiger partial charge on any atom is 0.307 e. The topological polar surface area (TPSA) is 95.5 Å². The van der Waals surface area contributed by atoms with Gasteiger partial charge in [0.25, 0.3) is 0 Å². The number of benzene rings is 1. The first-order valence-electron chi connectivity index (χ1n) is 8.33. The number of carbonyl (C=O) groups excluding carboxylic acids is 2. The fourth-order valence-corrected chi connectivity index (χ4v) is 2.94. The molecule has 24 heavy (non-hydrogen) atoms. The van der Waals surface area contributed by atoms with Crippen LogP contribution in [0.3, 0.4) is 0 Å². The Labute approximate surface area is 141 Å². The molecule has 2 amide bonds. The molecule has 0 unspecified atom stereocenters. The number of carboxylic acid groups (broad SMARTS) is 1. The minimum Gasteiger partial charge on any atom is -0.481 e. The summed E-state index contributed by atoms with van der Waals surface area (Å²) in [6, 6.07) is 6.88. The molecule has 130 valence electrons. The van der Waals surface area contributed by atoms with Crippen LogP contribution in [-0.2, 0) is 14.4 Å². The Balaban J connectivity index is 2.05. The number of carboxylic acids is 1. The van der Waals surface area contributed by atoms with Crippen molar-refractivity contribution in [2.24, 2.45) is 17.8 Å². The maximum absolute atomic E-state index is 12.5. The molecule has 3 N–H and O–H groups in total.